The molecule has 5 aromatic rings. The summed E-state index contributed by atoms with van der Waals surface area (Å²) in [7, 11) is 0. The average molecular weight is 531 g/mol. The van der Waals surface area contributed by atoms with Gasteiger partial charge in [-0.15, -0.1) is 11.3 Å². The van der Waals surface area contributed by atoms with Gasteiger partial charge in [0.2, 0.25) is 5.91 Å². The number of anilines is 1. The monoisotopic (exact) mass is 530 g/mol. The van der Waals surface area contributed by atoms with Crippen LogP contribution in [0.4, 0.5) is 5.13 Å². The Kier molecular flexibility index (Phi) is 6.77. The van der Waals surface area contributed by atoms with Crippen LogP contribution in [0, 0.1) is 0 Å². The van der Waals surface area contributed by atoms with E-state index >= 15 is 0 Å². The molecular weight excluding hydrogens is 515 g/mol. The number of carbonyl (C=O) groups excluding carboxylic acids is 1. The number of amides is 1. The number of nitrogens with one attached hydrogen (secondary N) is 2. The zero-order chi connectivity index (χ0) is 23.5. The average Bonchev–Trinajstić information content (AvgIpc) is 3.61. The van der Waals surface area contributed by atoms with Gasteiger partial charge in [-0.05, 0) is 36.4 Å². The molecule has 0 aliphatic carbocycles. The van der Waals surface area contributed by atoms with E-state index in [4.69, 9.17) is 32.0 Å². The zero-order valence-corrected chi connectivity index (χ0v) is 20.5. The number of thioether (sulfide) groups is 1. The molecule has 1 amide bonds. The number of benzene rings is 1. The van der Waals surface area contributed by atoms with Gasteiger partial charge in [-0.2, -0.15) is 0 Å². The summed E-state index contributed by atoms with van der Waals surface area (Å²) in [6.07, 6.45) is 3.49. The number of hydrogen-bond acceptors (Lipinski definition) is 7. The van der Waals surface area contributed by atoms with E-state index in [-0.39, 0.29) is 5.91 Å². The minimum Gasteiger partial charge on any atom is -0.463 e. The summed E-state index contributed by atoms with van der Waals surface area (Å²) in [5, 5.41) is 6.83. The summed E-state index contributed by atoms with van der Waals surface area (Å²) < 4.78 is 11.0. The Morgan fingerprint density at radius 2 is 1.85 bits per heavy atom. The standard InChI is InChI=1S/C23H16Cl2N4O3S2/c24-14-6-5-13(11-15(14)25)16-12-34-22(26-16)27-19(30)7-10-33-23-28-20(17-3-1-8-31-17)21(29-23)18-4-2-9-32-18/h1-6,8-9,11-12H,7,10H2,(H,28,29)(H,26,27,30). The Morgan fingerprint density at radius 1 is 1.06 bits per heavy atom. The van der Waals surface area contributed by atoms with Gasteiger partial charge in [-0.1, -0.05) is 41.0 Å². The molecule has 0 aliphatic heterocycles. The van der Waals surface area contributed by atoms with Gasteiger partial charge in [-0.25, -0.2) is 9.97 Å². The molecule has 1 aromatic carbocycles. The number of nitrogens with zero attached hydrogens (tertiary/aromatic N) is 2. The van der Waals surface area contributed by atoms with Gasteiger partial charge in [-0.3, -0.25) is 4.79 Å². The van der Waals surface area contributed by atoms with Crippen molar-refractivity contribution < 1.29 is 13.6 Å². The number of rotatable bonds is 8. The highest BCUT2D eigenvalue weighted by Crippen LogP contribution is 2.34. The molecule has 0 atom stereocenters. The number of thiazole rings is 1. The molecule has 11 heteroatoms. The lowest BCUT2D eigenvalue weighted by Crippen LogP contribution is -2.12. The lowest BCUT2D eigenvalue weighted by molar-refractivity contribution is -0.115. The lowest BCUT2D eigenvalue weighted by Gasteiger charge is -2.01. The fourth-order valence-electron chi connectivity index (χ4n) is 3.15. The molecule has 5 rings (SSSR count). The Bertz CT molecular complexity index is 1360. The number of H-pyrrole nitrogens is 1. The van der Waals surface area contributed by atoms with Crippen LogP contribution in [0.5, 0.6) is 0 Å². The highest BCUT2D eigenvalue weighted by molar-refractivity contribution is 7.99. The van der Waals surface area contributed by atoms with Crippen molar-refractivity contribution in [3.63, 3.8) is 0 Å². The van der Waals surface area contributed by atoms with Crippen LogP contribution < -0.4 is 5.32 Å². The van der Waals surface area contributed by atoms with E-state index < -0.39 is 0 Å². The second kappa shape index (κ2) is 10.1. The largest absolute Gasteiger partial charge is 0.463 e. The van der Waals surface area contributed by atoms with Crippen LogP contribution in [0.15, 0.2) is 74.4 Å². The van der Waals surface area contributed by atoms with Crippen LogP contribution in [-0.4, -0.2) is 26.6 Å². The van der Waals surface area contributed by atoms with Crippen molar-refractivity contribution in [1.82, 2.24) is 15.0 Å². The number of aromatic amines is 1. The van der Waals surface area contributed by atoms with Gasteiger partial charge < -0.3 is 19.1 Å². The molecule has 7 nitrogen and oxygen atoms in total. The molecule has 0 spiro atoms. The van der Waals surface area contributed by atoms with E-state index in [2.05, 4.69) is 20.3 Å². The maximum absolute atomic E-state index is 12.4. The van der Waals surface area contributed by atoms with E-state index in [1.807, 2.05) is 29.6 Å². The highest BCUT2D eigenvalue weighted by Gasteiger charge is 2.18. The summed E-state index contributed by atoms with van der Waals surface area (Å²) in [5.74, 6) is 1.69. The summed E-state index contributed by atoms with van der Waals surface area (Å²) in [6.45, 7) is 0. The van der Waals surface area contributed by atoms with E-state index in [0.717, 1.165) is 17.0 Å². The molecule has 2 N–H and O–H groups in total. The molecule has 0 aliphatic rings. The number of furan rings is 2. The van der Waals surface area contributed by atoms with Gasteiger partial charge >= 0.3 is 0 Å². The van der Waals surface area contributed by atoms with Crippen molar-refractivity contribution >= 4 is 57.3 Å². The number of halogens is 2. The van der Waals surface area contributed by atoms with E-state index in [0.29, 0.717) is 49.7 Å². The number of carbonyl (C=O) groups is 1. The first-order valence-corrected chi connectivity index (χ1v) is 12.7. The highest BCUT2D eigenvalue weighted by atomic mass is 35.5. The predicted molar refractivity (Wildman–Crippen MR) is 136 cm³/mol. The normalized spacial score (nSPS) is 11.1. The van der Waals surface area contributed by atoms with Crippen LogP contribution in [0.3, 0.4) is 0 Å². The Labute approximate surface area is 212 Å². The summed E-state index contributed by atoms with van der Waals surface area (Å²) in [5.41, 5.74) is 2.94. The maximum Gasteiger partial charge on any atom is 0.226 e. The van der Waals surface area contributed by atoms with E-state index in [9.17, 15) is 4.79 Å². The predicted octanol–water partition coefficient (Wildman–Crippen LogP) is 7.48. The van der Waals surface area contributed by atoms with Crippen molar-refractivity contribution in [2.24, 2.45) is 0 Å². The van der Waals surface area contributed by atoms with Crippen molar-refractivity contribution in [3.8, 4) is 34.2 Å². The third kappa shape index (κ3) is 5.07. The van der Waals surface area contributed by atoms with E-state index in [1.165, 1.54) is 23.1 Å². The van der Waals surface area contributed by atoms with Crippen LogP contribution >= 0.6 is 46.3 Å². The smallest absolute Gasteiger partial charge is 0.226 e. The molecule has 0 saturated heterocycles. The van der Waals surface area contributed by atoms with Gasteiger partial charge in [0, 0.05) is 23.1 Å². The van der Waals surface area contributed by atoms with E-state index in [1.54, 1.807) is 30.7 Å². The van der Waals surface area contributed by atoms with Crippen LogP contribution in [-0.2, 0) is 4.79 Å². The molecule has 0 fully saturated rings. The minimum absolute atomic E-state index is 0.133. The first-order valence-electron chi connectivity index (χ1n) is 10.1. The fraction of sp³-hybridized carbons (Fsp3) is 0.0870. The van der Waals surface area contributed by atoms with Crippen molar-refractivity contribution in [1.29, 1.82) is 0 Å². The summed E-state index contributed by atoms with van der Waals surface area (Å²) in [4.78, 5) is 24.8. The summed E-state index contributed by atoms with van der Waals surface area (Å²) in [6, 6.07) is 12.6. The third-order valence-corrected chi connectivity index (χ3v) is 7.11. The molecule has 0 saturated carbocycles. The molecule has 0 unspecified atom stereocenters. The first kappa shape index (κ1) is 22.8. The molecule has 4 aromatic heterocycles. The van der Waals surface area contributed by atoms with Crippen LogP contribution in [0.25, 0.3) is 34.2 Å². The molecule has 34 heavy (non-hydrogen) atoms. The van der Waals surface area contributed by atoms with Gasteiger partial charge in [0.15, 0.2) is 21.8 Å². The van der Waals surface area contributed by atoms with Crippen LogP contribution in [0.2, 0.25) is 10.0 Å². The lowest BCUT2D eigenvalue weighted by atomic mass is 10.2. The zero-order valence-electron chi connectivity index (χ0n) is 17.4. The Hall–Kier alpha value is -2.98. The summed E-state index contributed by atoms with van der Waals surface area (Å²) >= 11 is 14.8. The number of imidazole rings is 1. The number of hydrogen-bond donors (Lipinski definition) is 2. The second-order valence-corrected chi connectivity index (χ2v) is 9.79. The van der Waals surface area contributed by atoms with Crippen molar-refractivity contribution in [3.05, 3.63) is 70.4 Å². The Morgan fingerprint density at radius 3 is 2.59 bits per heavy atom. The fourth-order valence-corrected chi connectivity index (χ4v) is 5.00. The van der Waals surface area contributed by atoms with Gasteiger partial charge in [0.05, 0.1) is 28.3 Å². The quantitative estimate of drug-likeness (QED) is 0.202. The number of aromatic nitrogens is 3. The van der Waals surface area contributed by atoms with Gasteiger partial charge in [0.25, 0.3) is 0 Å². The Balaban J connectivity index is 1.20. The van der Waals surface area contributed by atoms with Crippen molar-refractivity contribution in [2.45, 2.75) is 11.6 Å². The molecule has 4 heterocycles. The van der Waals surface area contributed by atoms with Crippen molar-refractivity contribution in [2.75, 3.05) is 11.1 Å². The first-order chi connectivity index (χ1) is 16.6. The molecule has 0 bridgehead atoms. The minimum atomic E-state index is -0.133. The topological polar surface area (TPSA) is 97.0 Å². The SMILES string of the molecule is O=C(CCSc1nc(-c2ccco2)c(-c2ccco2)[nH]1)Nc1nc(-c2ccc(Cl)c(Cl)c2)cs1. The molecule has 0 radical (unpaired) electrons. The van der Waals surface area contributed by atoms with Gasteiger partial charge in [0.1, 0.15) is 11.4 Å². The van der Waals surface area contributed by atoms with Crippen LogP contribution in [0.1, 0.15) is 6.42 Å². The third-order valence-electron chi connectivity index (χ3n) is 4.74. The molecule has 172 valence electrons. The molecular formula is C23H16Cl2N4O3S2. The second-order valence-electron chi connectivity index (χ2n) is 7.03. The maximum atomic E-state index is 12.4.